The van der Waals surface area contributed by atoms with Crippen LogP contribution in [-0.2, 0) is 21.2 Å². The Morgan fingerprint density at radius 1 is 1.04 bits per heavy atom. The molecular weight excluding hydrogens is 358 g/mol. The number of carboxylic acid groups (broad SMARTS) is 1. The number of anilines is 1. The van der Waals surface area contributed by atoms with Crippen molar-refractivity contribution in [1.29, 1.82) is 0 Å². The van der Waals surface area contributed by atoms with Crippen LogP contribution in [0.2, 0.25) is 0 Å². The summed E-state index contributed by atoms with van der Waals surface area (Å²) >= 11 is 0. The third kappa shape index (κ3) is 7.02. The summed E-state index contributed by atoms with van der Waals surface area (Å²) in [7, 11) is -3.30. The largest absolute Gasteiger partial charge is 0.490 e. The molecule has 0 fully saturated rings. The highest BCUT2D eigenvalue weighted by atomic mass is 32.2. The number of aliphatic carboxylic acids is 1. The summed E-state index contributed by atoms with van der Waals surface area (Å²) in [5.74, 6) is 0.383. The summed E-state index contributed by atoms with van der Waals surface area (Å²) < 4.78 is 35.9. The average Bonchev–Trinajstić information content (AvgIpc) is 2.58. The van der Waals surface area contributed by atoms with Crippen LogP contribution >= 0.6 is 0 Å². The number of aryl methyl sites for hydroxylation is 1. The number of carbonyl (C=O) groups is 1. The Kier molecular flexibility index (Phi) is 6.85. The van der Waals surface area contributed by atoms with Crippen LogP contribution in [0.25, 0.3) is 0 Å². The molecule has 0 radical (unpaired) electrons. The van der Waals surface area contributed by atoms with Gasteiger partial charge in [-0.2, -0.15) is 0 Å². The van der Waals surface area contributed by atoms with E-state index in [2.05, 4.69) is 4.72 Å². The zero-order chi connectivity index (χ0) is 19.0. The lowest BCUT2D eigenvalue weighted by molar-refractivity contribution is -0.136. The molecule has 2 aromatic carbocycles. The van der Waals surface area contributed by atoms with E-state index in [4.69, 9.17) is 14.6 Å². The number of ether oxygens (including phenoxy) is 2. The summed E-state index contributed by atoms with van der Waals surface area (Å²) in [6, 6.07) is 13.8. The maximum Gasteiger partial charge on any atom is 0.303 e. The lowest BCUT2D eigenvalue weighted by Gasteiger charge is -2.12. The zero-order valence-corrected chi connectivity index (χ0v) is 15.2. The number of para-hydroxylation sites is 1. The van der Waals surface area contributed by atoms with Gasteiger partial charge in [-0.25, -0.2) is 8.42 Å². The Morgan fingerprint density at radius 3 is 2.35 bits per heavy atom. The molecule has 0 saturated carbocycles. The van der Waals surface area contributed by atoms with Crippen LogP contribution in [0.4, 0.5) is 5.69 Å². The monoisotopic (exact) mass is 379 g/mol. The molecule has 140 valence electrons. The molecule has 2 rings (SSSR count). The summed E-state index contributed by atoms with van der Waals surface area (Å²) in [6.45, 7) is 0.597. The van der Waals surface area contributed by atoms with E-state index in [1.54, 1.807) is 30.3 Å². The van der Waals surface area contributed by atoms with Crippen molar-refractivity contribution in [3.63, 3.8) is 0 Å². The molecule has 0 aromatic heterocycles. The number of nitrogens with one attached hydrogen (secondary N) is 1. The molecule has 7 nitrogen and oxygen atoms in total. The van der Waals surface area contributed by atoms with Crippen LogP contribution in [0.1, 0.15) is 12.0 Å². The fraction of sp³-hybridized carbons (Fsp3) is 0.278. The molecule has 0 aliphatic heterocycles. The highest BCUT2D eigenvalue weighted by Gasteiger charge is 2.06. The first-order chi connectivity index (χ1) is 12.3. The Labute approximate surface area is 152 Å². The molecule has 0 saturated heterocycles. The molecule has 2 N–H and O–H groups in total. The maximum atomic E-state index is 11.2. The zero-order valence-electron chi connectivity index (χ0n) is 14.3. The van der Waals surface area contributed by atoms with Gasteiger partial charge in [0, 0.05) is 12.1 Å². The van der Waals surface area contributed by atoms with Crippen molar-refractivity contribution in [1.82, 2.24) is 0 Å². The van der Waals surface area contributed by atoms with E-state index in [-0.39, 0.29) is 6.42 Å². The minimum Gasteiger partial charge on any atom is -0.490 e. The SMILES string of the molecule is CS(=O)(=O)Nc1ccc(OCCOc2ccccc2CCC(=O)O)cc1. The Bertz CT molecular complexity index is 833. The van der Waals surface area contributed by atoms with Crippen LogP contribution in [0.15, 0.2) is 48.5 Å². The molecule has 0 heterocycles. The van der Waals surface area contributed by atoms with Gasteiger partial charge < -0.3 is 14.6 Å². The second kappa shape index (κ2) is 9.10. The minimum absolute atomic E-state index is 0.0464. The quantitative estimate of drug-likeness (QED) is 0.615. The Balaban J connectivity index is 1.81. The van der Waals surface area contributed by atoms with Gasteiger partial charge in [0.1, 0.15) is 24.7 Å². The molecule has 0 bridgehead atoms. The molecule has 2 aromatic rings. The van der Waals surface area contributed by atoms with Gasteiger partial charge >= 0.3 is 5.97 Å². The predicted molar refractivity (Wildman–Crippen MR) is 98.3 cm³/mol. The smallest absolute Gasteiger partial charge is 0.303 e. The topological polar surface area (TPSA) is 102 Å². The van der Waals surface area contributed by atoms with E-state index < -0.39 is 16.0 Å². The number of hydrogen-bond acceptors (Lipinski definition) is 5. The number of benzene rings is 2. The molecular formula is C18H21NO6S. The fourth-order valence-corrected chi connectivity index (χ4v) is 2.80. The molecule has 0 unspecified atom stereocenters. The number of sulfonamides is 1. The van der Waals surface area contributed by atoms with Crippen molar-refractivity contribution < 1.29 is 27.8 Å². The van der Waals surface area contributed by atoms with E-state index in [1.165, 1.54) is 0 Å². The second-order valence-corrected chi connectivity index (χ2v) is 7.35. The molecule has 0 atom stereocenters. The molecule has 26 heavy (non-hydrogen) atoms. The molecule has 8 heteroatoms. The Hall–Kier alpha value is -2.74. The third-order valence-electron chi connectivity index (χ3n) is 3.35. The van der Waals surface area contributed by atoms with Crippen molar-refractivity contribution >= 4 is 21.7 Å². The number of carboxylic acids is 1. The lowest BCUT2D eigenvalue weighted by Crippen LogP contribution is -2.11. The van der Waals surface area contributed by atoms with Gasteiger partial charge in [-0.05, 0) is 42.3 Å². The third-order valence-corrected chi connectivity index (χ3v) is 3.95. The summed E-state index contributed by atoms with van der Waals surface area (Å²) in [5, 5.41) is 8.79. The summed E-state index contributed by atoms with van der Waals surface area (Å²) in [6.07, 6.45) is 1.54. The standard InChI is InChI=1S/C18H21NO6S/c1-26(22,23)19-15-7-9-16(10-8-15)24-12-13-25-17-5-3-2-4-14(17)6-11-18(20)21/h2-5,7-10,19H,6,11-13H2,1H3,(H,20,21). The van der Waals surface area contributed by atoms with Crippen LogP contribution in [-0.4, -0.2) is 39.0 Å². The van der Waals surface area contributed by atoms with E-state index >= 15 is 0 Å². The second-order valence-electron chi connectivity index (χ2n) is 5.60. The highest BCUT2D eigenvalue weighted by molar-refractivity contribution is 7.92. The summed E-state index contributed by atoms with van der Waals surface area (Å²) in [4.78, 5) is 10.7. The number of rotatable bonds is 10. The number of hydrogen-bond donors (Lipinski definition) is 2. The molecule has 0 aliphatic carbocycles. The predicted octanol–water partition coefficient (Wildman–Crippen LogP) is 2.53. The van der Waals surface area contributed by atoms with Crippen molar-refractivity contribution in [2.45, 2.75) is 12.8 Å². The first kappa shape index (κ1) is 19.6. The minimum atomic E-state index is -3.30. The van der Waals surface area contributed by atoms with Gasteiger partial charge in [0.2, 0.25) is 10.0 Å². The van der Waals surface area contributed by atoms with Crippen LogP contribution in [0, 0.1) is 0 Å². The first-order valence-electron chi connectivity index (χ1n) is 7.96. The van der Waals surface area contributed by atoms with Gasteiger partial charge in [0.15, 0.2) is 0 Å². The van der Waals surface area contributed by atoms with Crippen LogP contribution in [0.3, 0.4) is 0 Å². The van der Waals surface area contributed by atoms with E-state index in [0.717, 1.165) is 11.8 Å². The van der Waals surface area contributed by atoms with Crippen molar-refractivity contribution in [3.05, 3.63) is 54.1 Å². The molecule has 0 amide bonds. The van der Waals surface area contributed by atoms with E-state index in [0.29, 0.717) is 36.8 Å². The van der Waals surface area contributed by atoms with Gasteiger partial charge in [-0.3, -0.25) is 9.52 Å². The fourth-order valence-electron chi connectivity index (χ4n) is 2.24. The average molecular weight is 379 g/mol. The highest BCUT2D eigenvalue weighted by Crippen LogP contribution is 2.20. The van der Waals surface area contributed by atoms with Crippen LogP contribution in [0.5, 0.6) is 11.5 Å². The van der Waals surface area contributed by atoms with Gasteiger partial charge in [-0.1, -0.05) is 18.2 Å². The molecule has 0 aliphatic rings. The lowest BCUT2D eigenvalue weighted by atomic mass is 10.1. The van der Waals surface area contributed by atoms with Crippen LogP contribution < -0.4 is 14.2 Å². The van der Waals surface area contributed by atoms with Crippen molar-refractivity contribution in [2.75, 3.05) is 24.2 Å². The van der Waals surface area contributed by atoms with E-state index in [1.807, 2.05) is 18.2 Å². The van der Waals surface area contributed by atoms with Crippen molar-refractivity contribution in [2.24, 2.45) is 0 Å². The summed E-state index contributed by atoms with van der Waals surface area (Å²) in [5.41, 5.74) is 1.30. The Morgan fingerprint density at radius 2 is 1.69 bits per heavy atom. The van der Waals surface area contributed by atoms with Crippen molar-refractivity contribution in [3.8, 4) is 11.5 Å². The normalized spacial score (nSPS) is 11.0. The van der Waals surface area contributed by atoms with Gasteiger partial charge in [-0.15, -0.1) is 0 Å². The molecule has 0 spiro atoms. The van der Waals surface area contributed by atoms with Gasteiger partial charge in [0.05, 0.1) is 6.26 Å². The maximum absolute atomic E-state index is 11.2. The van der Waals surface area contributed by atoms with Gasteiger partial charge in [0.25, 0.3) is 0 Å². The first-order valence-corrected chi connectivity index (χ1v) is 9.86. The van der Waals surface area contributed by atoms with E-state index in [9.17, 15) is 13.2 Å².